The zero-order valence-corrected chi connectivity index (χ0v) is 12.0. The minimum Gasteiger partial charge on any atom is -0.398 e. The fourth-order valence-corrected chi connectivity index (χ4v) is 1.85. The molecule has 1 rings (SSSR count). The number of aryl methyl sites for hydroxylation is 1. The summed E-state index contributed by atoms with van der Waals surface area (Å²) in [6.07, 6.45) is 2.62. The number of nitrogens with one attached hydrogen (secondary N) is 2. The van der Waals surface area contributed by atoms with E-state index in [0.717, 1.165) is 27.7 Å². The third kappa shape index (κ3) is 7.28. The summed E-state index contributed by atoms with van der Waals surface area (Å²) in [5, 5.41) is 9.53. The molecule has 0 heterocycles. The van der Waals surface area contributed by atoms with Gasteiger partial charge in [0, 0.05) is 22.7 Å². The number of rotatable bonds is 6. The Morgan fingerprint density at radius 3 is 2.68 bits per heavy atom. The Morgan fingerprint density at radius 2 is 2.26 bits per heavy atom. The van der Waals surface area contributed by atoms with Gasteiger partial charge in [0.2, 0.25) is 6.41 Å². The largest absolute Gasteiger partial charge is 0.398 e. The molecule has 4 N–H and O–H groups in total. The molecular weight excluding hydrogens is 260 g/mol. The standard InChI is InChI=1S/C9H14N2S.C4H6N2O/c1-7-3-4-8(10)9(5-7)12-6-11-2;1-2-6(3-5)4-7/h3-5,11H,6,10H2,1-2H3;2-5H,1H2. The average molecular weight is 280 g/mol. The van der Waals surface area contributed by atoms with Crippen LogP contribution in [0.25, 0.3) is 0 Å². The molecule has 0 unspecified atom stereocenters. The Hall–Kier alpha value is -1.79. The van der Waals surface area contributed by atoms with Crippen LogP contribution in [0, 0.1) is 12.3 Å². The first-order chi connectivity index (χ1) is 9.08. The fraction of sp³-hybridized carbons (Fsp3) is 0.231. The van der Waals surface area contributed by atoms with Gasteiger partial charge in [-0.15, -0.1) is 11.8 Å². The van der Waals surface area contributed by atoms with Crippen molar-refractivity contribution in [1.29, 1.82) is 5.41 Å². The van der Waals surface area contributed by atoms with Gasteiger partial charge >= 0.3 is 0 Å². The van der Waals surface area contributed by atoms with Gasteiger partial charge in [0.25, 0.3) is 0 Å². The lowest BCUT2D eigenvalue weighted by molar-refractivity contribution is -0.113. The summed E-state index contributed by atoms with van der Waals surface area (Å²) < 4.78 is 0. The van der Waals surface area contributed by atoms with Gasteiger partial charge in [0.1, 0.15) is 0 Å². The second-order valence-corrected chi connectivity index (χ2v) is 4.56. The highest BCUT2D eigenvalue weighted by Gasteiger charge is 1.98. The van der Waals surface area contributed by atoms with Crippen molar-refractivity contribution in [3.05, 3.63) is 36.5 Å². The molecule has 1 amide bonds. The molecule has 0 radical (unpaired) electrons. The number of thioether (sulfide) groups is 1. The third-order valence-electron chi connectivity index (χ3n) is 2.02. The van der Waals surface area contributed by atoms with Crippen LogP contribution < -0.4 is 11.1 Å². The van der Waals surface area contributed by atoms with Crippen molar-refractivity contribution in [2.24, 2.45) is 0 Å². The van der Waals surface area contributed by atoms with Crippen molar-refractivity contribution in [2.75, 3.05) is 18.7 Å². The summed E-state index contributed by atoms with van der Waals surface area (Å²) >= 11 is 1.73. The molecule has 5 nitrogen and oxygen atoms in total. The van der Waals surface area contributed by atoms with Crippen molar-refractivity contribution in [1.82, 2.24) is 10.2 Å². The van der Waals surface area contributed by atoms with Crippen LogP contribution in [0.15, 0.2) is 35.9 Å². The van der Waals surface area contributed by atoms with E-state index >= 15 is 0 Å². The molecule has 0 fully saturated rings. The maximum atomic E-state index is 9.67. The second-order valence-electron chi connectivity index (χ2n) is 3.55. The molecule has 0 saturated carbocycles. The number of benzene rings is 1. The average Bonchev–Trinajstić information content (AvgIpc) is 2.42. The molecular formula is C13H20N4OS. The van der Waals surface area contributed by atoms with Gasteiger partial charge in [-0.25, -0.2) is 0 Å². The molecule has 1 aromatic rings. The maximum Gasteiger partial charge on any atom is 0.218 e. The molecule has 0 atom stereocenters. The first kappa shape index (κ1) is 17.2. The Balaban J connectivity index is 0.000000399. The number of nitrogen functional groups attached to an aromatic ring is 1. The first-order valence-electron chi connectivity index (χ1n) is 5.58. The molecule has 0 aliphatic carbocycles. The number of anilines is 1. The molecule has 104 valence electrons. The lowest BCUT2D eigenvalue weighted by Gasteiger charge is -2.05. The normalized spacial score (nSPS) is 8.95. The highest BCUT2D eigenvalue weighted by atomic mass is 32.2. The second kappa shape index (κ2) is 10.2. The zero-order chi connectivity index (χ0) is 14.7. The van der Waals surface area contributed by atoms with Crippen LogP contribution in [-0.4, -0.2) is 30.6 Å². The number of nitrogens with two attached hydrogens (primary N) is 1. The smallest absolute Gasteiger partial charge is 0.218 e. The number of hydrogen-bond donors (Lipinski definition) is 3. The quantitative estimate of drug-likeness (QED) is 0.186. The number of nitrogens with zero attached hydrogens (tertiary/aromatic N) is 1. The van der Waals surface area contributed by atoms with E-state index in [9.17, 15) is 4.79 Å². The SMILES string of the molecule is C=CN(C=N)C=O.CNCSc1cc(C)ccc1N. The van der Waals surface area contributed by atoms with Gasteiger partial charge in [0.05, 0.1) is 6.34 Å². The highest BCUT2D eigenvalue weighted by molar-refractivity contribution is 7.99. The van der Waals surface area contributed by atoms with E-state index in [1.165, 1.54) is 11.8 Å². The first-order valence-corrected chi connectivity index (χ1v) is 6.57. The third-order valence-corrected chi connectivity index (χ3v) is 3.12. The van der Waals surface area contributed by atoms with Crippen molar-refractivity contribution < 1.29 is 4.79 Å². The van der Waals surface area contributed by atoms with Crippen LogP contribution in [-0.2, 0) is 4.79 Å². The molecule has 6 heteroatoms. The lowest BCUT2D eigenvalue weighted by atomic mass is 10.2. The Labute approximate surface area is 118 Å². The van der Waals surface area contributed by atoms with Crippen molar-refractivity contribution in [3.8, 4) is 0 Å². The molecule has 0 saturated heterocycles. The van der Waals surface area contributed by atoms with Gasteiger partial charge in [0.15, 0.2) is 0 Å². The molecule has 0 aromatic heterocycles. The van der Waals surface area contributed by atoms with E-state index in [-0.39, 0.29) is 0 Å². The minimum atomic E-state index is 0.500. The molecule has 0 spiro atoms. The van der Waals surface area contributed by atoms with E-state index in [1.54, 1.807) is 11.8 Å². The van der Waals surface area contributed by atoms with E-state index in [2.05, 4.69) is 24.9 Å². The van der Waals surface area contributed by atoms with Crippen molar-refractivity contribution >= 4 is 30.2 Å². The fourth-order valence-electron chi connectivity index (χ4n) is 1.04. The van der Waals surface area contributed by atoms with Gasteiger partial charge < -0.3 is 11.1 Å². The van der Waals surface area contributed by atoms with Gasteiger partial charge in [-0.2, -0.15) is 0 Å². The highest BCUT2D eigenvalue weighted by Crippen LogP contribution is 2.24. The molecule has 1 aromatic carbocycles. The summed E-state index contributed by atoms with van der Waals surface area (Å²) in [4.78, 5) is 11.8. The summed E-state index contributed by atoms with van der Waals surface area (Å²) in [7, 11) is 1.93. The van der Waals surface area contributed by atoms with Crippen LogP contribution in [0.3, 0.4) is 0 Å². The lowest BCUT2D eigenvalue weighted by Crippen LogP contribution is -2.09. The summed E-state index contributed by atoms with van der Waals surface area (Å²) in [6, 6.07) is 6.09. The van der Waals surface area contributed by atoms with Gasteiger partial charge in [-0.1, -0.05) is 12.6 Å². The Bertz CT molecular complexity index is 404. The van der Waals surface area contributed by atoms with E-state index in [4.69, 9.17) is 11.1 Å². The van der Waals surface area contributed by atoms with Crippen LogP contribution >= 0.6 is 11.8 Å². The van der Waals surface area contributed by atoms with Gasteiger partial charge in [-0.05, 0) is 31.7 Å². The van der Waals surface area contributed by atoms with Crippen LogP contribution in [0.4, 0.5) is 5.69 Å². The molecule has 0 aliphatic heterocycles. The molecule has 19 heavy (non-hydrogen) atoms. The predicted octanol–water partition coefficient (Wildman–Crippen LogP) is 2.04. The summed E-state index contributed by atoms with van der Waals surface area (Å²) in [5.74, 6) is 0.896. The number of hydrogen-bond acceptors (Lipinski definition) is 5. The summed E-state index contributed by atoms with van der Waals surface area (Å²) in [6.45, 7) is 5.32. The number of carbonyl (C=O) groups excluding carboxylic acids is 1. The number of amides is 1. The molecule has 0 aliphatic rings. The monoisotopic (exact) mass is 280 g/mol. The Kier molecular flexibility index (Phi) is 9.20. The van der Waals surface area contributed by atoms with Crippen LogP contribution in [0.5, 0.6) is 0 Å². The maximum absolute atomic E-state index is 9.67. The van der Waals surface area contributed by atoms with E-state index < -0.39 is 0 Å². The Morgan fingerprint density at radius 1 is 1.58 bits per heavy atom. The van der Waals surface area contributed by atoms with Crippen molar-refractivity contribution in [3.63, 3.8) is 0 Å². The van der Waals surface area contributed by atoms with E-state index in [0.29, 0.717) is 6.41 Å². The predicted molar refractivity (Wildman–Crippen MR) is 82.3 cm³/mol. The van der Waals surface area contributed by atoms with Crippen LogP contribution in [0.1, 0.15) is 5.56 Å². The van der Waals surface area contributed by atoms with Crippen LogP contribution in [0.2, 0.25) is 0 Å². The zero-order valence-electron chi connectivity index (χ0n) is 11.2. The topological polar surface area (TPSA) is 82.2 Å². The summed E-state index contributed by atoms with van der Waals surface area (Å²) in [5.41, 5.74) is 7.90. The number of carbonyl (C=O) groups is 1. The van der Waals surface area contributed by atoms with Crippen molar-refractivity contribution in [2.45, 2.75) is 11.8 Å². The molecule has 0 bridgehead atoms. The van der Waals surface area contributed by atoms with E-state index in [1.807, 2.05) is 19.2 Å². The minimum absolute atomic E-state index is 0.500. The van der Waals surface area contributed by atoms with Gasteiger partial charge in [-0.3, -0.25) is 15.1 Å².